The Morgan fingerprint density at radius 3 is 2.26 bits per heavy atom. The van der Waals surface area contributed by atoms with Crippen LogP contribution in [0.1, 0.15) is 65.7 Å². The van der Waals surface area contributed by atoms with E-state index in [0.717, 1.165) is 12.8 Å². The molecule has 0 spiro atoms. The third-order valence-corrected chi connectivity index (χ3v) is 4.95. The minimum absolute atomic E-state index is 0.0372. The second-order valence-corrected chi connectivity index (χ2v) is 5.93. The molecule has 1 atom stereocenters. The molecule has 2 amide bonds. The van der Waals surface area contributed by atoms with Gasteiger partial charge in [-0.25, -0.2) is 0 Å². The van der Waals surface area contributed by atoms with Gasteiger partial charge in [0.05, 0.1) is 0 Å². The first-order valence-corrected chi connectivity index (χ1v) is 7.71. The van der Waals surface area contributed by atoms with Crippen LogP contribution in [0.25, 0.3) is 0 Å². The molecule has 0 aromatic rings. The van der Waals surface area contributed by atoms with E-state index in [-0.39, 0.29) is 23.9 Å². The van der Waals surface area contributed by atoms with Crippen LogP contribution in [0.4, 0.5) is 0 Å². The van der Waals surface area contributed by atoms with Crippen molar-refractivity contribution in [2.75, 3.05) is 0 Å². The maximum Gasteiger partial charge on any atom is 0.246 e. The first-order valence-electron chi connectivity index (χ1n) is 7.71. The van der Waals surface area contributed by atoms with Gasteiger partial charge in [-0.2, -0.15) is 0 Å². The number of carbonyl (C=O) groups excluding carboxylic acids is 2. The number of hydrogen-bond donors (Lipinski definition) is 1. The first kappa shape index (κ1) is 14.4. The standard InChI is InChI=1S/C15H26N2O2/c1-4-15(5-2)14(19)16-11(3)13(18)17(15)12-9-7-6-8-10-12/h11-12H,4-10H2,1-3H3,(H,16,19). The number of carbonyl (C=O) groups is 2. The Hall–Kier alpha value is -1.06. The largest absolute Gasteiger partial charge is 0.343 e. The lowest BCUT2D eigenvalue weighted by molar-refractivity contribution is -0.162. The lowest BCUT2D eigenvalue weighted by Crippen LogP contribution is -2.72. The molecule has 0 bridgehead atoms. The van der Waals surface area contributed by atoms with E-state index in [0.29, 0.717) is 12.8 Å². The van der Waals surface area contributed by atoms with Gasteiger partial charge < -0.3 is 10.2 Å². The van der Waals surface area contributed by atoms with E-state index < -0.39 is 5.54 Å². The molecule has 1 N–H and O–H groups in total. The van der Waals surface area contributed by atoms with Crippen LogP contribution in [0.2, 0.25) is 0 Å². The van der Waals surface area contributed by atoms with E-state index in [9.17, 15) is 9.59 Å². The second-order valence-electron chi connectivity index (χ2n) is 5.93. The Bertz CT molecular complexity index is 357. The molecule has 2 fully saturated rings. The molecule has 2 rings (SSSR count). The van der Waals surface area contributed by atoms with Crippen molar-refractivity contribution < 1.29 is 9.59 Å². The molecule has 4 heteroatoms. The highest BCUT2D eigenvalue weighted by Crippen LogP contribution is 2.35. The Morgan fingerprint density at radius 1 is 1.16 bits per heavy atom. The smallest absolute Gasteiger partial charge is 0.246 e. The van der Waals surface area contributed by atoms with E-state index >= 15 is 0 Å². The monoisotopic (exact) mass is 266 g/mol. The zero-order valence-corrected chi connectivity index (χ0v) is 12.4. The number of amides is 2. The van der Waals surface area contributed by atoms with Crippen molar-refractivity contribution in [3.8, 4) is 0 Å². The molecular formula is C15H26N2O2. The highest BCUT2D eigenvalue weighted by molar-refractivity contribution is 5.99. The lowest BCUT2D eigenvalue weighted by Gasteiger charge is -2.51. The summed E-state index contributed by atoms with van der Waals surface area (Å²) in [5.41, 5.74) is -0.619. The number of piperazine rings is 1. The van der Waals surface area contributed by atoms with Gasteiger partial charge in [-0.3, -0.25) is 9.59 Å². The number of nitrogens with one attached hydrogen (secondary N) is 1. The average molecular weight is 266 g/mol. The van der Waals surface area contributed by atoms with Crippen LogP contribution in [0.3, 0.4) is 0 Å². The SMILES string of the molecule is CCC1(CC)C(=O)NC(C)C(=O)N1C1CCCCC1. The quantitative estimate of drug-likeness (QED) is 0.851. The average Bonchev–Trinajstić information content (AvgIpc) is 2.43. The molecule has 1 heterocycles. The molecule has 2 aliphatic rings. The summed E-state index contributed by atoms with van der Waals surface area (Å²) in [7, 11) is 0. The maximum atomic E-state index is 12.6. The predicted octanol–water partition coefficient (Wildman–Crippen LogP) is 2.22. The summed E-state index contributed by atoms with van der Waals surface area (Å²) in [6.07, 6.45) is 7.10. The Kier molecular flexibility index (Phi) is 4.16. The summed E-state index contributed by atoms with van der Waals surface area (Å²) in [6.45, 7) is 5.83. The molecule has 0 radical (unpaired) electrons. The Labute approximate surface area is 115 Å². The molecule has 1 aliphatic carbocycles. The van der Waals surface area contributed by atoms with Gasteiger partial charge in [0.15, 0.2) is 0 Å². The summed E-state index contributed by atoms with van der Waals surface area (Å²) < 4.78 is 0. The van der Waals surface area contributed by atoms with Crippen LogP contribution < -0.4 is 5.32 Å². The van der Waals surface area contributed by atoms with Crippen LogP contribution in [0.15, 0.2) is 0 Å². The van der Waals surface area contributed by atoms with Gasteiger partial charge in [-0.1, -0.05) is 33.1 Å². The van der Waals surface area contributed by atoms with Crippen LogP contribution in [0, 0.1) is 0 Å². The Morgan fingerprint density at radius 2 is 1.74 bits per heavy atom. The van der Waals surface area contributed by atoms with Gasteiger partial charge in [0.25, 0.3) is 0 Å². The van der Waals surface area contributed by atoms with Gasteiger partial charge >= 0.3 is 0 Å². The molecule has 4 nitrogen and oxygen atoms in total. The fourth-order valence-electron chi connectivity index (χ4n) is 3.70. The molecule has 0 aromatic carbocycles. The molecular weight excluding hydrogens is 240 g/mol. The molecule has 19 heavy (non-hydrogen) atoms. The van der Waals surface area contributed by atoms with Crippen LogP contribution in [0.5, 0.6) is 0 Å². The summed E-state index contributed by atoms with van der Waals surface area (Å²) in [6, 6.07) is -0.115. The molecule has 108 valence electrons. The minimum atomic E-state index is -0.619. The van der Waals surface area contributed by atoms with Crippen molar-refractivity contribution >= 4 is 11.8 Å². The third kappa shape index (κ3) is 2.26. The fraction of sp³-hybridized carbons (Fsp3) is 0.867. The molecule has 1 saturated carbocycles. The normalized spacial score (nSPS) is 28.4. The summed E-state index contributed by atoms with van der Waals surface area (Å²) in [5, 5.41) is 2.86. The lowest BCUT2D eigenvalue weighted by atomic mass is 9.81. The van der Waals surface area contributed by atoms with Crippen molar-refractivity contribution in [2.24, 2.45) is 0 Å². The Balaban J connectivity index is 2.35. The first-order chi connectivity index (χ1) is 9.06. The van der Waals surface area contributed by atoms with Gasteiger partial charge in [0, 0.05) is 6.04 Å². The highest BCUT2D eigenvalue weighted by Gasteiger charge is 2.51. The summed E-state index contributed by atoms with van der Waals surface area (Å²) >= 11 is 0. The molecule has 1 saturated heterocycles. The van der Waals surface area contributed by atoms with E-state index in [1.807, 2.05) is 18.7 Å². The third-order valence-electron chi connectivity index (χ3n) is 4.95. The summed E-state index contributed by atoms with van der Waals surface area (Å²) in [5.74, 6) is 0.144. The van der Waals surface area contributed by atoms with E-state index in [1.54, 1.807) is 6.92 Å². The van der Waals surface area contributed by atoms with Crippen LogP contribution >= 0.6 is 0 Å². The van der Waals surface area contributed by atoms with Crippen molar-refractivity contribution in [3.63, 3.8) is 0 Å². The van der Waals surface area contributed by atoms with Crippen molar-refractivity contribution in [2.45, 2.75) is 83.3 Å². The highest BCUT2D eigenvalue weighted by atomic mass is 16.2. The molecule has 1 aliphatic heterocycles. The van der Waals surface area contributed by atoms with Crippen molar-refractivity contribution in [3.05, 3.63) is 0 Å². The fourth-order valence-corrected chi connectivity index (χ4v) is 3.70. The number of hydrogen-bond acceptors (Lipinski definition) is 2. The van der Waals surface area contributed by atoms with E-state index in [2.05, 4.69) is 5.32 Å². The second kappa shape index (κ2) is 5.51. The summed E-state index contributed by atoms with van der Waals surface area (Å²) in [4.78, 5) is 27.1. The predicted molar refractivity (Wildman–Crippen MR) is 74.6 cm³/mol. The van der Waals surface area contributed by atoms with Gasteiger partial charge in [0.1, 0.15) is 11.6 Å². The molecule has 1 unspecified atom stereocenters. The number of nitrogens with zero attached hydrogens (tertiary/aromatic N) is 1. The minimum Gasteiger partial charge on any atom is -0.343 e. The van der Waals surface area contributed by atoms with Gasteiger partial charge in [-0.05, 0) is 32.6 Å². The van der Waals surface area contributed by atoms with Gasteiger partial charge in [-0.15, -0.1) is 0 Å². The van der Waals surface area contributed by atoms with E-state index in [4.69, 9.17) is 0 Å². The van der Waals surface area contributed by atoms with Gasteiger partial charge in [0.2, 0.25) is 11.8 Å². The number of rotatable bonds is 3. The zero-order chi connectivity index (χ0) is 14.0. The van der Waals surface area contributed by atoms with Crippen LogP contribution in [-0.4, -0.2) is 34.3 Å². The molecule has 0 aromatic heterocycles. The zero-order valence-electron chi connectivity index (χ0n) is 12.4. The van der Waals surface area contributed by atoms with E-state index in [1.165, 1.54) is 19.3 Å². The van der Waals surface area contributed by atoms with Crippen molar-refractivity contribution in [1.82, 2.24) is 10.2 Å². The topological polar surface area (TPSA) is 49.4 Å². The van der Waals surface area contributed by atoms with Crippen LogP contribution in [-0.2, 0) is 9.59 Å². The van der Waals surface area contributed by atoms with Crippen molar-refractivity contribution in [1.29, 1.82) is 0 Å². The maximum absolute atomic E-state index is 12.6.